The van der Waals surface area contributed by atoms with Crippen molar-refractivity contribution in [2.45, 2.75) is 31.9 Å². The number of halogens is 1. The van der Waals surface area contributed by atoms with Crippen LogP contribution in [-0.2, 0) is 11.3 Å². The molecule has 1 fully saturated rings. The molecule has 136 valence electrons. The van der Waals surface area contributed by atoms with Crippen LogP contribution in [0.2, 0.25) is 0 Å². The van der Waals surface area contributed by atoms with Crippen LogP contribution in [0, 0.1) is 0 Å². The zero-order chi connectivity index (χ0) is 16.5. The van der Waals surface area contributed by atoms with E-state index in [4.69, 9.17) is 9.47 Å². The third kappa shape index (κ3) is 6.82. The van der Waals surface area contributed by atoms with Gasteiger partial charge in [0, 0.05) is 39.1 Å². The summed E-state index contributed by atoms with van der Waals surface area (Å²) in [5.74, 6) is 1.55. The van der Waals surface area contributed by atoms with E-state index in [0.717, 1.165) is 17.9 Å². The molecule has 24 heavy (non-hydrogen) atoms. The number of aliphatic hydroxyl groups is 1. The molecule has 2 rings (SSSR count). The molecule has 0 spiro atoms. The third-order valence-electron chi connectivity index (χ3n) is 3.93. The SMILES string of the molecule is CCNC(=NCc1ccc(OC)cc1)NCC1(O)CCOCC1.I. The lowest BCUT2D eigenvalue weighted by molar-refractivity contribution is -0.0594. The van der Waals surface area contributed by atoms with Gasteiger partial charge < -0.3 is 25.2 Å². The zero-order valence-corrected chi connectivity index (χ0v) is 16.7. The predicted octanol–water partition coefficient (Wildman–Crippen LogP) is 1.91. The minimum atomic E-state index is -0.714. The van der Waals surface area contributed by atoms with Crippen molar-refractivity contribution in [2.24, 2.45) is 4.99 Å². The van der Waals surface area contributed by atoms with E-state index in [1.807, 2.05) is 31.2 Å². The molecule has 0 unspecified atom stereocenters. The number of nitrogens with one attached hydrogen (secondary N) is 2. The number of benzene rings is 1. The molecule has 7 heteroatoms. The van der Waals surface area contributed by atoms with Crippen LogP contribution in [0.25, 0.3) is 0 Å². The topological polar surface area (TPSA) is 75.1 Å². The Morgan fingerprint density at radius 3 is 2.50 bits per heavy atom. The summed E-state index contributed by atoms with van der Waals surface area (Å²) in [6.45, 7) is 5.06. The Balaban J connectivity index is 0.00000288. The van der Waals surface area contributed by atoms with Crippen LogP contribution in [0.15, 0.2) is 29.3 Å². The van der Waals surface area contributed by atoms with E-state index in [0.29, 0.717) is 45.1 Å². The van der Waals surface area contributed by atoms with Crippen molar-refractivity contribution in [1.29, 1.82) is 0 Å². The fraction of sp³-hybridized carbons (Fsp3) is 0.588. The van der Waals surface area contributed by atoms with Gasteiger partial charge in [-0.1, -0.05) is 12.1 Å². The molecule has 1 saturated heterocycles. The zero-order valence-electron chi connectivity index (χ0n) is 14.4. The average molecular weight is 449 g/mol. The first-order chi connectivity index (χ1) is 11.1. The van der Waals surface area contributed by atoms with E-state index < -0.39 is 5.60 Å². The first-order valence-electron chi connectivity index (χ1n) is 8.10. The number of rotatable bonds is 6. The quantitative estimate of drug-likeness (QED) is 0.352. The summed E-state index contributed by atoms with van der Waals surface area (Å²) in [5, 5.41) is 16.9. The Morgan fingerprint density at radius 2 is 1.92 bits per heavy atom. The minimum absolute atomic E-state index is 0. The lowest BCUT2D eigenvalue weighted by Gasteiger charge is -2.32. The Kier molecular flexibility index (Phi) is 9.38. The molecule has 0 atom stereocenters. The third-order valence-corrected chi connectivity index (χ3v) is 3.93. The molecule has 0 saturated carbocycles. The molecule has 1 aromatic carbocycles. The standard InChI is InChI=1S/C17H27N3O3.HI/c1-3-18-16(20-13-17(21)8-10-23-11-9-17)19-12-14-4-6-15(22-2)7-5-14;/h4-7,21H,3,8-13H2,1-2H3,(H2,18,19,20);1H. The molecule has 0 amide bonds. The summed E-state index contributed by atoms with van der Waals surface area (Å²) < 4.78 is 10.5. The molecule has 0 aliphatic carbocycles. The number of guanidine groups is 1. The van der Waals surface area contributed by atoms with E-state index in [2.05, 4.69) is 15.6 Å². The fourth-order valence-electron chi connectivity index (χ4n) is 2.42. The molecule has 1 heterocycles. The second-order valence-corrected chi connectivity index (χ2v) is 5.73. The van der Waals surface area contributed by atoms with Crippen molar-refractivity contribution in [3.05, 3.63) is 29.8 Å². The van der Waals surface area contributed by atoms with Crippen molar-refractivity contribution in [2.75, 3.05) is 33.4 Å². The van der Waals surface area contributed by atoms with Gasteiger partial charge in [-0.3, -0.25) is 0 Å². The van der Waals surface area contributed by atoms with Crippen molar-refractivity contribution < 1.29 is 14.6 Å². The Hall–Kier alpha value is -1.06. The Bertz CT molecular complexity index is 502. The number of nitrogens with zero attached hydrogens (tertiary/aromatic N) is 1. The van der Waals surface area contributed by atoms with E-state index in [-0.39, 0.29) is 24.0 Å². The molecule has 1 aliphatic rings. The van der Waals surface area contributed by atoms with Crippen molar-refractivity contribution in [3.63, 3.8) is 0 Å². The summed E-state index contributed by atoms with van der Waals surface area (Å²) in [6, 6.07) is 7.85. The minimum Gasteiger partial charge on any atom is -0.497 e. The number of ether oxygens (including phenoxy) is 2. The highest BCUT2D eigenvalue weighted by atomic mass is 127. The van der Waals surface area contributed by atoms with Gasteiger partial charge in [0.15, 0.2) is 5.96 Å². The van der Waals surface area contributed by atoms with E-state index >= 15 is 0 Å². The molecule has 3 N–H and O–H groups in total. The Morgan fingerprint density at radius 1 is 1.25 bits per heavy atom. The first kappa shape index (κ1) is 21.0. The molecular weight excluding hydrogens is 421 g/mol. The molecule has 6 nitrogen and oxygen atoms in total. The van der Waals surface area contributed by atoms with Gasteiger partial charge in [0.2, 0.25) is 0 Å². The summed E-state index contributed by atoms with van der Waals surface area (Å²) in [7, 11) is 1.65. The van der Waals surface area contributed by atoms with Crippen molar-refractivity contribution >= 4 is 29.9 Å². The maximum absolute atomic E-state index is 10.5. The van der Waals surface area contributed by atoms with Crippen LogP contribution >= 0.6 is 24.0 Å². The lowest BCUT2D eigenvalue weighted by atomic mass is 9.94. The molecule has 1 aromatic rings. The summed E-state index contributed by atoms with van der Waals surface area (Å²) in [6.07, 6.45) is 1.30. The predicted molar refractivity (Wildman–Crippen MR) is 106 cm³/mol. The van der Waals surface area contributed by atoms with Gasteiger partial charge in [0.05, 0.1) is 19.3 Å². The molecule has 0 bridgehead atoms. The van der Waals surface area contributed by atoms with Crippen LogP contribution in [0.3, 0.4) is 0 Å². The second-order valence-electron chi connectivity index (χ2n) is 5.73. The number of methoxy groups -OCH3 is 1. The van der Waals surface area contributed by atoms with Crippen LogP contribution in [0.4, 0.5) is 0 Å². The number of hydrogen-bond donors (Lipinski definition) is 3. The maximum Gasteiger partial charge on any atom is 0.191 e. The van der Waals surface area contributed by atoms with Gasteiger partial charge in [0.25, 0.3) is 0 Å². The normalized spacial score (nSPS) is 16.9. The van der Waals surface area contributed by atoms with Crippen LogP contribution < -0.4 is 15.4 Å². The number of hydrogen-bond acceptors (Lipinski definition) is 4. The van der Waals surface area contributed by atoms with Gasteiger partial charge in [-0.05, 0) is 24.6 Å². The van der Waals surface area contributed by atoms with E-state index in [1.165, 1.54) is 0 Å². The summed E-state index contributed by atoms with van der Waals surface area (Å²) in [5.41, 5.74) is 0.391. The largest absolute Gasteiger partial charge is 0.497 e. The maximum atomic E-state index is 10.5. The monoisotopic (exact) mass is 449 g/mol. The second kappa shape index (κ2) is 10.7. The first-order valence-corrected chi connectivity index (χ1v) is 8.10. The smallest absolute Gasteiger partial charge is 0.191 e. The van der Waals surface area contributed by atoms with Crippen molar-refractivity contribution in [1.82, 2.24) is 10.6 Å². The van der Waals surface area contributed by atoms with E-state index in [9.17, 15) is 5.11 Å². The molecular formula is C17H28IN3O3. The summed E-state index contributed by atoms with van der Waals surface area (Å²) >= 11 is 0. The van der Waals surface area contributed by atoms with Crippen LogP contribution in [0.1, 0.15) is 25.3 Å². The van der Waals surface area contributed by atoms with Crippen molar-refractivity contribution in [3.8, 4) is 5.75 Å². The molecule has 0 radical (unpaired) electrons. The van der Waals surface area contributed by atoms with Gasteiger partial charge in [-0.25, -0.2) is 4.99 Å². The lowest BCUT2D eigenvalue weighted by Crippen LogP contribution is -2.49. The highest BCUT2D eigenvalue weighted by molar-refractivity contribution is 14.0. The highest BCUT2D eigenvalue weighted by Gasteiger charge is 2.29. The average Bonchev–Trinajstić information content (AvgIpc) is 2.58. The van der Waals surface area contributed by atoms with Gasteiger partial charge >= 0.3 is 0 Å². The van der Waals surface area contributed by atoms with Gasteiger partial charge in [-0.15, -0.1) is 24.0 Å². The Labute approximate surface area is 161 Å². The molecule has 1 aliphatic heterocycles. The summed E-state index contributed by atoms with van der Waals surface area (Å²) in [4.78, 5) is 4.57. The highest BCUT2D eigenvalue weighted by Crippen LogP contribution is 2.19. The van der Waals surface area contributed by atoms with E-state index in [1.54, 1.807) is 7.11 Å². The van der Waals surface area contributed by atoms with Crippen LogP contribution in [-0.4, -0.2) is 50.1 Å². The molecule has 0 aromatic heterocycles. The fourth-order valence-corrected chi connectivity index (χ4v) is 2.42. The van der Waals surface area contributed by atoms with Gasteiger partial charge in [0.1, 0.15) is 5.75 Å². The van der Waals surface area contributed by atoms with Crippen LogP contribution in [0.5, 0.6) is 5.75 Å². The number of aliphatic imine (C=N–C) groups is 1. The van der Waals surface area contributed by atoms with Gasteiger partial charge in [-0.2, -0.15) is 0 Å².